The molecule has 0 aliphatic carbocycles. The van der Waals surface area contributed by atoms with Gasteiger partial charge < -0.3 is 10.2 Å². The summed E-state index contributed by atoms with van der Waals surface area (Å²) in [6.07, 6.45) is 0.818. The molecule has 16 heavy (non-hydrogen) atoms. The maximum absolute atomic E-state index is 10.8. The Hall–Kier alpha value is -1.35. The van der Waals surface area contributed by atoms with Gasteiger partial charge in [0.2, 0.25) is 0 Å². The standard InChI is InChI=1S/C13H18O3/c1-9(8-14)7-11-3-5-12(6-4-11)10(2)13(15)16/h3-6,9-10,14H,7-8H2,1-2H3,(H,15,16)/t9-,10-/m0/s1. The first-order valence-corrected chi connectivity index (χ1v) is 5.47. The van der Waals surface area contributed by atoms with Gasteiger partial charge in [-0.25, -0.2) is 0 Å². The van der Waals surface area contributed by atoms with Crippen molar-refractivity contribution in [3.63, 3.8) is 0 Å². The molecule has 0 aliphatic heterocycles. The lowest BCUT2D eigenvalue weighted by Crippen LogP contribution is -2.08. The molecule has 0 spiro atoms. The number of carbonyl (C=O) groups is 1. The third-order valence-corrected chi connectivity index (χ3v) is 2.75. The van der Waals surface area contributed by atoms with E-state index >= 15 is 0 Å². The maximum atomic E-state index is 10.8. The van der Waals surface area contributed by atoms with Gasteiger partial charge in [0.05, 0.1) is 5.92 Å². The molecule has 3 nitrogen and oxygen atoms in total. The zero-order valence-corrected chi connectivity index (χ0v) is 9.68. The number of carboxylic acids is 1. The van der Waals surface area contributed by atoms with Crippen molar-refractivity contribution in [2.24, 2.45) is 5.92 Å². The van der Waals surface area contributed by atoms with Crippen LogP contribution in [0.1, 0.15) is 30.9 Å². The van der Waals surface area contributed by atoms with E-state index in [1.54, 1.807) is 6.92 Å². The highest BCUT2D eigenvalue weighted by Gasteiger charge is 2.13. The summed E-state index contributed by atoms with van der Waals surface area (Å²) in [4.78, 5) is 10.8. The van der Waals surface area contributed by atoms with Gasteiger partial charge in [-0.2, -0.15) is 0 Å². The van der Waals surface area contributed by atoms with Crippen molar-refractivity contribution in [2.45, 2.75) is 26.2 Å². The first-order chi connectivity index (χ1) is 7.54. The highest BCUT2D eigenvalue weighted by atomic mass is 16.4. The zero-order chi connectivity index (χ0) is 12.1. The van der Waals surface area contributed by atoms with Crippen LogP contribution in [0, 0.1) is 5.92 Å². The van der Waals surface area contributed by atoms with Gasteiger partial charge in [-0.3, -0.25) is 4.79 Å². The number of aliphatic hydroxyl groups excluding tert-OH is 1. The van der Waals surface area contributed by atoms with Crippen LogP contribution in [0.2, 0.25) is 0 Å². The van der Waals surface area contributed by atoms with E-state index in [-0.39, 0.29) is 12.5 Å². The van der Waals surface area contributed by atoms with E-state index in [9.17, 15) is 4.79 Å². The van der Waals surface area contributed by atoms with E-state index in [0.29, 0.717) is 0 Å². The first kappa shape index (κ1) is 12.7. The number of aliphatic hydroxyl groups is 1. The molecule has 0 saturated heterocycles. The van der Waals surface area contributed by atoms with Crippen LogP contribution >= 0.6 is 0 Å². The number of aliphatic carboxylic acids is 1. The lowest BCUT2D eigenvalue weighted by Gasteiger charge is -2.10. The minimum Gasteiger partial charge on any atom is -0.481 e. The molecule has 0 aliphatic rings. The summed E-state index contributed by atoms with van der Waals surface area (Å²) in [5, 5.41) is 17.8. The molecule has 0 fully saturated rings. The average Bonchev–Trinajstić information content (AvgIpc) is 2.28. The number of hydrogen-bond acceptors (Lipinski definition) is 2. The Bertz CT molecular complexity index is 343. The third kappa shape index (κ3) is 3.35. The second-order valence-electron chi connectivity index (χ2n) is 4.29. The number of hydrogen-bond donors (Lipinski definition) is 2. The van der Waals surface area contributed by atoms with Gasteiger partial charge in [0.1, 0.15) is 0 Å². The van der Waals surface area contributed by atoms with E-state index in [0.717, 1.165) is 17.5 Å². The van der Waals surface area contributed by atoms with E-state index in [1.807, 2.05) is 31.2 Å². The Morgan fingerprint density at radius 1 is 1.25 bits per heavy atom. The fourth-order valence-electron chi connectivity index (χ4n) is 1.55. The molecule has 0 radical (unpaired) electrons. The number of benzene rings is 1. The molecule has 1 rings (SSSR count). The van der Waals surface area contributed by atoms with Gasteiger partial charge in [-0.1, -0.05) is 31.2 Å². The first-order valence-electron chi connectivity index (χ1n) is 5.47. The Morgan fingerprint density at radius 3 is 2.25 bits per heavy atom. The zero-order valence-electron chi connectivity index (χ0n) is 9.68. The van der Waals surface area contributed by atoms with Crippen LogP contribution in [0.5, 0.6) is 0 Å². The van der Waals surface area contributed by atoms with E-state index < -0.39 is 11.9 Å². The van der Waals surface area contributed by atoms with Gasteiger partial charge >= 0.3 is 5.97 Å². The average molecular weight is 222 g/mol. The summed E-state index contributed by atoms with van der Waals surface area (Å²) in [6, 6.07) is 7.55. The predicted molar refractivity (Wildman–Crippen MR) is 62.4 cm³/mol. The second-order valence-corrected chi connectivity index (χ2v) is 4.29. The fraction of sp³-hybridized carbons (Fsp3) is 0.462. The van der Waals surface area contributed by atoms with Crippen molar-refractivity contribution < 1.29 is 15.0 Å². The topological polar surface area (TPSA) is 57.5 Å². The lowest BCUT2D eigenvalue weighted by molar-refractivity contribution is -0.138. The highest BCUT2D eigenvalue weighted by molar-refractivity contribution is 5.75. The van der Waals surface area contributed by atoms with Crippen LogP contribution in [0.4, 0.5) is 0 Å². The Labute approximate surface area is 95.7 Å². The van der Waals surface area contributed by atoms with Crippen molar-refractivity contribution in [3.8, 4) is 0 Å². The Morgan fingerprint density at radius 2 is 1.81 bits per heavy atom. The molecular weight excluding hydrogens is 204 g/mol. The van der Waals surface area contributed by atoms with Crippen molar-refractivity contribution in [3.05, 3.63) is 35.4 Å². The molecule has 1 aromatic rings. The van der Waals surface area contributed by atoms with E-state index in [2.05, 4.69) is 0 Å². The fourth-order valence-corrected chi connectivity index (χ4v) is 1.55. The molecule has 2 N–H and O–H groups in total. The molecule has 0 unspecified atom stereocenters. The number of carboxylic acid groups (broad SMARTS) is 1. The van der Waals surface area contributed by atoms with Crippen LogP contribution in [0.3, 0.4) is 0 Å². The largest absolute Gasteiger partial charge is 0.481 e. The maximum Gasteiger partial charge on any atom is 0.310 e. The van der Waals surface area contributed by atoms with Crippen molar-refractivity contribution >= 4 is 5.97 Å². The monoisotopic (exact) mass is 222 g/mol. The summed E-state index contributed by atoms with van der Waals surface area (Å²) >= 11 is 0. The van der Waals surface area contributed by atoms with Gasteiger partial charge in [-0.05, 0) is 30.4 Å². The van der Waals surface area contributed by atoms with Crippen molar-refractivity contribution in [2.75, 3.05) is 6.61 Å². The molecule has 88 valence electrons. The Balaban J connectivity index is 2.71. The third-order valence-electron chi connectivity index (χ3n) is 2.75. The van der Waals surface area contributed by atoms with Crippen LogP contribution in [0.25, 0.3) is 0 Å². The van der Waals surface area contributed by atoms with Crippen LogP contribution in [-0.2, 0) is 11.2 Å². The minimum absolute atomic E-state index is 0.174. The molecule has 0 heterocycles. The van der Waals surface area contributed by atoms with Gasteiger partial charge in [0, 0.05) is 6.61 Å². The predicted octanol–water partition coefficient (Wildman–Crippen LogP) is 2.05. The highest BCUT2D eigenvalue weighted by Crippen LogP contribution is 2.17. The molecule has 0 saturated carbocycles. The van der Waals surface area contributed by atoms with Crippen LogP contribution in [0.15, 0.2) is 24.3 Å². The second kappa shape index (κ2) is 5.66. The quantitative estimate of drug-likeness (QED) is 0.801. The molecular formula is C13H18O3. The summed E-state index contributed by atoms with van der Waals surface area (Å²) in [5.74, 6) is -1.04. The van der Waals surface area contributed by atoms with Gasteiger partial charge in [-0.15, -0.1) is 0 Å². The van der Waals surface area contributed by atoms with Crippen LogP contribution < -0.4 is 0 Å². The minimum atomic E-state index is -0.809. The molecule has 0 aromatic heterocycles. The molecule has 3 heteroatoms. The summed E-state index contributed by atoms with van der Waals surface area (Å²) in [7, 11) is 0. The smallest absolute Gasteiger partial charge is 0.310 e. The van der Waals surface area contributed by atoms with Gasteiger partial charge in [0.25, 0.3) is 0 Å². The van der Waals surface area contributed by atoms with Crippen molar-refractivity contribution in [1.82, 2.24) is 0 Å². The molecule has 0 bridgehead atoms. The van der Waals surface area contributed by atoms with E-state index in [4.69, 9.17) is 10.2 Å². The van der Waals surface area contributed by atoms with Gasteiger partial charge in [0.15, 0.2) is 0 Å². The summed E-state index contributed by atoms with van der Waals surface area (Å²) < 4.78 is 0. The lowest BCUT2D eigenvalue weighted by atomic mass is 9.96. The Kier molecular flexibility index (Phi) is 4.50. The van der Waals surface area contributed by atoms with E-state index in [1.165, 1.54) is 0 Å². The van der Waals surface area contributed by atoms with Crippen molar-refractivity contribution in [1.29, 1.82) is 0 Å². The SMILES string of the molecule is C[C@H](CO)Cc1ccc([C@H](C)C(=O)O)cc1. The molecule has 0 amide bonds. The molecule has 2 atom stereocenters. The van der Waals surface area contributed by atoms with Crippen LogP contribution in [-0.4, -0.2) is 22.8 Å². The summed E-state index contributed by atoms with van der Waals surface area (Å²) in [5.41, 5.74) is 1.94. The normalized spacial score (nSPS) is 14.4. The summed E-state index contributed by atoms with van der Waals surface area (Å²) in [6.45, 7) is 3.83. The molecule has 1 aromatic carbocycles. The number of rotatable bonds is 5.